The fraction of sp³-hybridized carbons (Fsp3) is 0.346. The number of methoxy groups -OCH3 is 2. The molecule has 2 aromatic rings. The van der Waals surface area contributed by atoms with E-state index in [0.717, 1.165) is 14.2 Å². The van der Waals surface area contributed by atoms with Gasteiger partial charge in [0.15, 0.2) is 5.66 Å². The second-order valence-electron chi connectivity index (χ2n) is 9.04. The molecule has 3 unspecified atom stereocenters. The molecule has 0 aromatic heterocycles. The minimum atomic E-state index is -4.69. The molecule has 0 saturated carbocycles. The second kappa shape index (κ2) is 11.0. The number of carbonyl (C=O) groups is 3. The number of aliphatic hydroxyl groups excluding tert-OH is 1. The quantitative estimate of drug-likeness (QED) is 0.372. The van der Waals surface area contributed by atoms with Crippen LogP contribution in [0, 0.1) is 17.3 Å². The molecule has 0 radical (unpaired) electrons. The summed E-state index contributed by atoms with van der Waals surface area (Å²) in [4.78, 5) is 39.5. The monoisotopic (exact) mass is 516 g/mol. The number of hydrogen-bond donors (Lipinski definition) is 1. The third-order valence-corrected chi connectivity index (χ3v) is 7.89. The topological polar surface area (TPSA) is 125 Å². The highest BCUT2D eigenvalue weighted by atomic mass is 31.2. The summed E-state index contributed by atoms with van der Waals surface area (Å²) in [6, 6.07) is 15.9. The smallest absolute Gasteiger partial charge is 0.445 e. The average molecular weight is 516 g/mol. The van der Waals surface area contributed by atoms with E-state index >= 15 is 0 Å². The Bertz CT molecular complexity index is 1130. The Morgan fingerprint density at radius 1 is 0.917 bits per heavy atom. The molecule has 9 nitrogen and oxygen atoms in total. The van der Waals surface area contributed by atoms with Gasteiger partial charge in [-0.15, -0.1) is 0 Å². The highest BCUT2D eigenvalue weighted by Crippen LogP contribution is 2.58. The molecule has 0 fully saturated rings. The number of benzene rings is 2. The number of carbonyl (C=O) groups excluding carboxylic acids is 3. The molecule has 2 aromatic carbocycles. The SMILES string of the molecule is COC(=O)C(C1C(=O)CC(C)(C)C=C1O)C(C(=O)OC)P(=O)(Oc1ccccc1)Oc1ccccc1. The summed E-state index contributed by atoms with van der Waals surface area (Å²) < 4.78 is 35.9. The molecule has 0 spiro atoms. The summed E-state index contributed by atoms with van der Waals surface area (Å²) in [5.41, 5.74) is -2.65. The molecule has 192 valence electrons. The van der Waals surface area contributed by atoms with Gasteiger partial charge in [-0.1, -0.05) is 50.2 Å². The van der Waals surface area contributed by atoms with Crippen LogP contribution in [0.3, 0.4) is 0 Å². The Morgan fingerprint density at radius 3 is 1.81 bits per heavy atom. The molecule has 1 aliphatic rings. The zero-order valence-corrected chi connectivity index (χ0v) is 21.3. The largest absolute Gasteiger partial charge is 0.512 e. The van der Waals surface area contributed by atoms with Crippen molar-refractivity contribution in [3.8, 4) is 11.5 Å². The van der Waals surface area contributed by atoms with Crippen molar-refractivity contribution in [2.45, 2.75) is 25.9 Å². The first-order valence-corrected chi connectivity index (χ1v) is 12.8. The maximum absolute atomic E-state index is 14.5. The highest BCUT2D eigenvalue weighted by molar-refractivity contribution is 7.56. The predicted octanol–water partition coefficient (Wildman–Crippen LogP) is 4.73. The van der Waals surface area contributed by atoms with Gasteiger partial charge in [0.2, 0.25) is 0 Å². The van der Waals surface area contributed by atoms with Gasteiger partial charge >= 0.3 is 19.5 Å². The maximum Gasteiger partial charge on any atom is 0.445 e. The van der Waals surface area contributed by atoms with Crippen LogP contribution in [-0.2, 0) is 28.4 Å². The van der Waals surface area contributed by atoms with Crippen LogP contribution in [0.15, 0.2) is 72.5 Å². The van der Waals surface area contributed by atoms with Gasteiger partial charge in [-0.05, 0) is 35.8 Å². The van der Waals surface area contributed by atoms with E-state index in [1.54, 1.807) is 50.2 Å². The van der Waals surface area contributed by atoms with Crippen molar-refractivity contribution in [2.24, 2.45) is 17.3 Å². The first kappa shape index (κ1) is 27.0. The second-order valence-corrected chi connectivity index (χ2v) is 11.0. The first-order valence-electron chi connectivity index (χ1n) is 11.2. The third kappa shape index (κ3) is 5.97. The Hall–Kier alpha value is -3.58. The Labute approximate surface area is 209 Å². The van der Waals surface area contributed by atoms with Crippen LogP contribution in [-0.4, -0.2) is 42.7 Å². The minimum absolute atomic E-state index is 0.0352. The lowest BCUT2D eigenvalue weighted by molar-refractivity contribution is -0.155. The van der Waals surface area contributed by atoms with Crippen LogP contribution >= 0.6 is 7.60 Å². The molecule has 1 N–H and O–H groups in total. The number of rotatable bonds is 9. The van der Waals surface area contributed by atoms with Gasteiger partial charge in [0, 0.05) is 6.42 Å². The van der Waals surface area contributed by atoms with Gasteiger partial charge in [-0.3, -0.25) is 14.4 Å². The number of para-hydroxylation sites is 2. The summed E-state index contributed by atoms with van der Waals surface area (Å²) in [6.45, 7) is 3.48. The lowest BCUT2D eigenvalue weighted by Gasteiger charge is -2.36. The van der Waals surface area contributed by atoms with Gasteiger partial charge in [0.05, 0.1) is 20.1 Å². The summed E-state index contributed by atoms with van der Waals surface area (Å²) >= 11 is 0. The Morgan fingerprint density at radius 2 is 1.39 bits per heavy atom. The Balaban J connectivity index is 2.22. The number of Topliss-reactive ketones (excluding diaryl/α,β-unsaturated/α-hetero) is 1. The zero-order chi connectivity index (χ0) is 26.5. The fourth-order valence-corrected chi connectivity index (χ4v) is 6.36. The first-order chi connectivity index (χ1) is 17.0. The molecule has 0 heterocycles. The van der Waals surface area contributed by atoms with Crippen LogP contribution in [0.5, 0.6) is 11.5 Å². The lowest BCUT2D eigenvalue weighted by atomic mass is 9.72. The number of aliphatic hydroxyl groups is 1. The van der Waals surface area contributed by atoms with E-state index in [-0.39, 0.29) is 17.9 Å². The maximum atomic E-state index is 14.5. The van der Waals surface area contributed by atoms with Gasteiger partial charge in [-0.2, -0.15) is 0 Å². The predicted molar refractivity (Wildman–Crippen MR) is 131 cm³/mol. The normalized spacial score (nSPS) is 18.8. The van der Waals surface area contributed by atoms with E-state index in [0.29, 0.717) is 0 Å². The van der Waals surface area contributed by atoms with Gasteiger partial charge < -0.3 is 23.6 Å². The lowest BCUT2D eigenvalue weighted by Crippen LogP contribution is -2.47. The van der Waals surface area contributed by atoms with Crippen LogP contribution < -0.4 is 9.05 Å². The standard InChI is InChI=1S/C26H29O9P/c1-26(2)15-19(27)21(20(28)16-26)22(24(29)32-3)23(25(30)33-4)36(31,34-17-11-7-5-8-12-17)35-18-13-9-6-10-14-18/h5-15,21-23,27H,16H2,1-4H3. The van der Waals surface area contributed by atoms with Gasteiger partial charge in [0.25, 0.3) is 0 Å². The van der Waals surface area contributed by atoms with E-state index in [1.165, 1.54) is 30.3 Å². The fourth-order valence-electron chi connectivity index (χ4n) is 4.21. The zero-order valence-electron chi connectivity index (χ0n) is 20.5. The van der Waals surface area contributed by atoms with Crippen LogP contribution in [0.25, 0.3) is 0 Å². The third-order valence-electron chi connectivity index (χ3n) is 5.74. The summed E-state index contributed by atoms with van der Waals surface area (Å²) in [5.74, 6) is -6.28. The molecule has 10 heteroatoms. The molecule has 0 bridgehead atoms. The van der Waals surface area contributed by atoms with Crippen LogP contribution in [0.1, 0.15) is 20.3 Å². The highest BCUT2D eigenvalue weighted by Gasteiger charge is 2.59. The number of esters is 2. The molecule has 0 amide bonds. The van der Waals surface area contributed by atoms with E-state index < -0.39 is 54.0 Å². The van der Waals surface area contributed by atoms with Crippen molar-refractivity contribution >= 4 is 25.3 Å². The van der Waals surface area contributed by atoms with E-state index in [9.17, 15) is 24.1 Å². The van der Waals surface area contributed by atoms with E-state index in [1.807, 2.05) is 0 Å². The number of allylic oxidation sites excluding steroid dienone is 2. The minimum Gasteiger partial charge on any atom is -0.512 e. The molecule has 0 saturated heterocycles. The molecule has 3 rings (SSSR count). The molecular formula is C26H29O9P. The van der Waals surface area contributed by atoms with E-state index in [4.69, 9.17) is 18.5 Å². The summed E-state index contributed by atoms with van der Waals surface area (Å²) in [7, 11) is -2.59. The molecule has 1 aliphatic carbocycles. The number of ether oxygens (including phenoxy) is 2. The van der Waals surface area contributed by atoms with Crippen molar-refractivity contribution in [3.63, 3.8) is 0 Å². The number of ketones is 1. The van der Waals surface area contributed by atoms with Crippen molar-refractivity contribution in [3.05, 3.63) is 72.5 Å². The van der Waals surface area contributed by atoms with Crippen molar-refractivity contribution in [2.75, 3.05) is 14.2 Å². The Kier molecular flexibility index (Phi) is 8.25. The summed E-state index contributed by atoms with van der Waals surface area (Å²) in [5, 5.41) is 10.8. The molecular weight excluding hydrogens is 487 g/mol. The molecule has 3 atom stereocenters. The van der Waals surface area contributed by atoms with Gasteiger partial charge in [-0.25, -0.2) is 4.57 Å². The van der Waals surface area contributed by atoms with Crippen molar-refractivity contribution < 1.29 is 42.6 Å². The van der Waals surface area contributed by atoms with Crippen molar-refractivity contribution in [1.29, 1.82) is 0 Å². The van der Waals surface area contributed by atoms with E-state index in [2.05, 4.69) is 0 Å². The van der Waals surface area contributed by atoms with Crippen molar-refractivity contribution in [1.82, 2.24) is 0 Å². The van der Waals surface area contributed by atoms with Crippen LogP contribution in [0.2, 0.25) is 0 Å². The molecule has 36 heavy (non-hydrogen) atoms. The summed E-state index contributed by atoms with van der Waals surface area (Å²) in [6.07, 6.45) is 1.40. The molecule has 0 aliphatic heterocycles. The number of hydrogen-bond acceptors (Lipinski definition) is 9. The average Bonchev–Trinajstić information content (AvgIpc) is 2.82. The van der Waals surface area contributed by atoms with Crippen LogP contribution in [0.4, 0.5) is 0 Å². The van der Waals surface area contributed by atoms with Gasteiger partial charge in [0.1, 0.15) is 29.0 Å².